The quantitative estimate of drug-likeness (QED) is 0.836. The molecule has 1 aromatic carbocycles. The number of hydrogen-bond donors (Lipinski definition) is 0. The predicted octanol–water partition coefficient (Wildman–Crippen LogP) is 3.74. The predicted molar refractivity (Wildman–Crippen MR) is 96.8 cm³/mol. The average Bonchev–Trinajstić information content (AvgIpc) is 2.97. The zero-order chi connectivity index (χ0) is 15.9. The maximum absolute atomic E-state index is 2.81. The van der Waals surface area contributed by atoms with Crippen molar-refractivity contribution in [3.05, 3.63) is 35.4 Å². The second-order valence-corrected chi connectivity index (χ2v) is 8.74. The minimum absolute atomic E-state index is 0.629. The molecule has 126 valence electrons. The molecule has 3 fully saturated rings. The van der Waals surface area contributed by atoms with Crippen LogP contribution in [-0.4, -0.2) is 49.6 Å². The normalized spacial score (nSPS) is 34.5. The highest BCUT2D eigenvalue weighted by Crippen LogP contribution is 2.59. The molecule has 2 atom stereocenters. The molecule has 2 unspecified atom stereocenters. The Morgan fingerprint density at radius 1 is 0.913 bits per heavy atom. The Labute approximate surface area is 141 Å². The van der Waals surface area contributed by atoms with E-state index in [9.17, 15) is 0 Å². The van der Waals surface area contributed by atoms with E-state index in [1.54, 1.807) is 0 Å². The van der Waals surface area contributed by atoms with Gasteiger partial charge < -0.3 is 9.80 Å². The van der Waals surface area contributed by atoms with Crippen molar-refractivity contribution in [3.8, 4) is 0 Å². The van der Waals surface area contributed by atoms with Crippen LogP contribution in [0.3, 0.4) is 0 Å². The first-order valence-electron chi connectivity index (χ1n) is 9.57. The molecule has 1 aromatic rings. The smallest absolute Gasteiger partial charge is 0.00568 e. The van der Waals surface area contributed by atoms with E-state index in [2.05, 4.69) is 48.0 Å². The molecule has 0 radical (unpaired) electrons. The van der Waals surface area contributed by atoms with Crippen LogP contribution in [-0.2, 0) is 6.42 Å². The van der Waals surface area contributed by atoms with Gasteiger partial charge in [-0.1, -0.05) is 42.7 Å². The van der Waals surface area contributed by atoms with E-state index in [1.807, 2.05) is 0 Å². The zero-order valence-corrected chi connectivity index (χ0v) is 15.0. The van der Waals surface area contributed by atoms with Crippen molar-refractivity contribution in [2.24, 2.45) is 10.8 Å². The standard InChI is InChI=1S/C21H32N2/c1-18-7-9-19(10-8-18)6-5-13-23-16-20-11-3-4-12-21(20,17-23)15-22(2)14-20/h7-10H,3-6,11-17H2,1-2H3. The van der Waals surface area contributed by atoms with E-state index in [-0.39, 0.29) is 0 Å². The van der Waals surface area contributed by atoms with Gasteiger partial charge in [0, 0.05) is 37.0 Å². The molecule has 4 rings (SSSR count). The number of benzene rings is 1. The van der Waals surface area contributed by atoms with Gasteiger partial charge >= 0.3 is 0 Å². The molecule has 2 nitrogen and oxygen atoms in total. The van der Waals surface area contributed by atoms with Gasteiger partial charge in [0.15, 0.2) is 0 Å². The fourth-order valence-corrected chi connectivity index (χ4v) is 5.97. The molecule has 0 aromatic heterocycles. The van der Waals surface area contributed by atoms with E-state index in [0.717, 1.165) is 0 Å². The van der Waals surface area contributed by atoms with Crippen LogP contribution in [0, 0.1) is 17.8 Å². The molecular weight excluding hydrogens is 280 g/mol. The Morgan fingerprint density at radius 2 is 1.52 bits per heavy atom. The summed E-state index contributed by atoms with van der Waals surface area (Å²) in [6.07, 6.45) is 8.43. The third-order valence-corrected chi connectivity index (χ3v) is 6.94. The summed E-state index contributed by atoms with van der Waals surface area (Å²) in [7, 11) is 2.34. The topological polar surface area (TPSA) is 6.48 Å². The number of aryl methyl sites for hydroxylation is 2. The summed E-state index contributed by atoms with van der Waals surface area (Å²) < 4.78 is 0. The van der Waals surface area contributed by atoms with Gasteiger partial charge in [-0.15, -0.1) is 0 Å². The maximum Gasteiger partial charge on any atom is 0.00568 e. The first-order valence-corrected chi connectivity index (χ1v) is 9.57. The molecule has 2 aliphatic heterocycles. The van der Waals surface area contributed by atoms with Crippen LogP contribution < -0.4 is 0 Å². The summed E-state index contributed by atoms with van der Waals surface area (Å²) in [4.78, 5) is 5.43. The lowest BCUT2D eigenvalue weighted by Gasteiger charge is -2.42. The van der Waals surface area contributed by atoms with E-state index in [1.165, 1.54) is 82.4 Å². The zero-order valence-electron chi connectivity index (χ0n) is 15.0. The molecule has 23 heavy (non-hydrogen) atoms. The third kappa shape index (κ3) is 2.74. The number of likely N-dealkylation sites (tertiary alicyclic amines) is 2. The van der Waals surface area contributed by atoms with Crippen molar-refractivity contribution in [2.75, 3.05) is 39.8 Å². The molecule has 0 N–H and O–H groups in total. The van der Waals surface area contributed by atoms with Gasteiger partial charge in [-0.25, -0.2) is 0 Å². The van der Waals surface area contributed by atoms with Gasteiger partial charge in [0.1, 0.15) is 0 Å². The van der Waals surface area contributed by atoms with Crippen LogP contribution in [0.15, 0.2) is 24.3 Å². The number of hydrogen-bond acceptors (Lipinski definition) is 2. The van der Waals surface area contributed by atoms with Gasteiger partial charge in [-0.3, -0.25) is 0 Å². The average molecular weight is 313 g/mol. The first kappa shape index (κ1) is 15.7. The minimum atomic E-state index is 0.629. The molecule has 2 heteroatoms. The first-order chi connectivity index (χ1) is 11.1. The fourth-order valence-electron chi connectivity index (χ4n) is 5.97. The lowest BCUT2D eigenvalue weighted by molar-refractivity contribution is 0.0945. The Morgan fingerprint density at radius 3 is 2.13 bits per heavy atom. The second kappa shape index (κ2) is 5.89. The van der Waals surface area contributed by atoms with Crippen LogP contribution >= 0.6 is 0 Å². The molecular formula is C21H32N2. The summed E-state index contributed by atoms with van der Waals surface area (Å²) >= 11 is 0. The van der Waals surface area contributed by atoms with Crippen LogP contribution in [0.4, 0.5) is 0 Å². The Hall–Kier alpha value is -0.860. The molecule has 0 amide bonds. The summed E-state index contributed by atoms with van der Waals surface area (Å²) in [5.41, 5.74) is 4.13. The summed E-state index contributed by atoms with van der Waals surface area (Å²) in [5.74, 6) is 0. The molecule has 2 saturated heterocycles. The summed E-state index contributed by atoms with van der Waals surface area (Å²) in [6.45, 7) is 8.89. The van der Waals surface area contributed by atoms with Crippen molar-refractivity contribution >= 4 is 0 Å². The van der Waals surface area contributed by atoms with E-state index in [0.29, 0.717) is 10.8 Å². The van der Waals surface area contributed by atoms with Crippen LogP contribution in [0.5, 0.6) is 0 Å². The molecule has 1 saturated carbocycles. The van der Waals surface area contributed by atoms with Crippen molar-refractivity contribution < 1.29 is 0 Å². The van der Waals surface area contributed by atoms with Gasteiger partial charge in [-0.05, 0) is 51.8 Å². The van der Waals surface area contributed by atoms with Crippen molar-refractivity contribution in [3.63, 3.8) is 0 Å². The highest BCUT2D eigenvalue weighted by atomic mass is 15.3. The van der Waals surface area contributed by atoms with E-state index in [4.69, 9.17) is 0 Å². The Bertz CT molecular complexity index is 527. The van der Waals surface area contributed by atoms with Crippen molar-refractivity contribution in [2.45, 2.75) is 45.4 Å². The highest BCUT2D eigenvalue weighted by molar-refractivity contribution is 5.21. The van der Waals surface area contributed by atoms with Crippen LogP contribution in [0.25, 0.3) is 0 Å². The number of rotatable bonds is 4. The van der Waals surface area contributed by atoms with Crippen molar-refractivity contribution in [1.82, 2.24) is 9.80 Å². The molecule has 0 bridgehead atoms. The Kier molecular flexibility index (Phi) is 4.01. The van der Waals surface area contributed by atoms with Gasteiger partial charge in [0.25, 0.3) is 0 Å². The van der Waals surface area contributed by atoms with Crippen LogP contribution in [0.1, 0.15) is 43.2 Å². The largest absolute Gasteiger partial charge is 0.305 e. The Balaban J connectivity index is 1.36. The lowest BCUT2D eigenvalue weighted by atomic mass is 9.60. The molecule has 0 spiro atoms. The lowest BCUT2D eigenvalue weighted by Crippen LogP contribution is -2.42. The second-order valence-electron chi connectivity index (χ2n) is 8.74. The van der Waals surface area contributed by atoms with E-state index >= 15 is 0 Å². The van der Waals surface area contributed by atoms with Crippen LogP contribution in [0.2, 0.25) is 0 Å². The molecule has 2 heterocycles. The maximum atomic E-state index is 2.81. The summed E-state index contributed by atoms with van der Waals surface area (Å²) in [6, 6.07) is 9.11. The number of nitrogens with zero attached hydrogens (tertiary/aromatic N) is 2. The fraction of sp³-hybridized carbons (Fsp3) is 0.714. The SMILES string of the molecule is Cc1ccc(CCCN2CC34CCCCC3(CN(C)C4)C2)cc1. The van der Waals surface area contributed by atoms with Gasteiger partial charge in [0.05, 0.1) is 0 Å². The summed E-state index contributed by atoms with van der Waals surface area (Å²) in [5, 5.41) is 0. The molecule has 1 aliphatic carbocycles. The third-order valence-electron chi connectivity index (χ3n) is 6.94. The van der Waals surface area contributed by atoms with Gasteiger partial charge in [0.2, 0.25) is 0 Å². The van der Waals surface area contributed by atoms with E-state index < -0.39 is 0 Å². The highest BCUT2D eigenvalue weighted by Gasteiger charge is 2.61. The van der Waals surface area contributed by atoms with Crippen molar-refractivity contribution in [1.29, 1.82) is 0 Å². The minimum Gasteiger partial charge on any atom is -0.305 e. The molecule has 3 aliphatic rings. The monoisotopic (exact) mass is 312 g/mol. The van der Waals surface area contributed by atoms with Gasteiger partial charge in [-0.2, -0.15) is 0 Å².